The van der Waals surface area contributed by atoms with Crippen LogP contribution in [0.2, 0.25) is 0 Å². The van der Waals surface area contributed by atoms with Gasteiger partial charge in [-0.2, -0.15) is 5.10 Å². The van der Waals surface area contributed by atoms with Gasteiger partial charge in [0.05, 0.1) is 18.3 Å². The Morgan fingerprint density at radius 1 is 1.39 bits per heavy atom. The second-order valence-electron chi connectivity index (χ2n) is 3.93. The maximum absolute atomic E-state index is 12.0. The number of nitrogens with one attached hydrogen (secondary N) is 2. The molecule has 0 saturated carbocycles. The smallest absolute Gasteiger partial charge is 0.251 e. The van der Waals surface area contributed by atoms with Gasteiger partial charge in [-0.3, -0.25) is 9.89 Å². The predicted octanol–water partition coefficient (Wildman–Crippen LogP) is 2.55. The SMILES string of the molecule is O=C(NCc1cccs1)c1ccc2[nH]ncc2c1. The van der Waals surface area contributed by atoms with Gasteiger partial charge in [-0.1, -0.05) is 6.07 Å². The number of carbonyl (C=O) groups excluding carboxylic acids is 1. The maximum atomic E-state index is 12.0. The van der Waals surface area contributed by atoms with Crippen LogP contribution in [0.4, 0.5) is 0 Å². The van der Waals surface area contributed by atoms with E-state index in [9.17, 15) is 4.79 Å². The molecule has 0 bridgehead atoms. The number of aromatic amines is 1. The van der Waals surface area contributed by atoms with Gasteiger partial charge < -0.3 is 5.32 Å². The molecule has 4 nitrogen and oxygen atoms in total. The Balaban J connectivity index is 1.75. The van der Waals surface area contributed by atoms with Crippen LogP contribution in [0.1, 0.15) is 15.2 Å². The monoisotopic (exact) mass is 257 g/mol. The minimum atomic E-state index is -0.0634. The fourth-order valence-electron chi connectivity index (χ4n) is 1.77. The summed E-state index contributed by atoms with van der Waals surface area (Å²) < 4.78 is 0. The zero-order chi connectivity index (χ0) is 12.4. The van der Waals surface area contributed by atoms with Crippen LogP contribution in [0.5, 0.6) is 0 Å². The van der Waals surface area contributed by atoms with Crippen LogP contribution in [-0.2, 0) is 6.54 Å². The molecule has 0 aliphatic rings. The third-order valence-electron chi connectivity index (χ3n) is 2.71. The van der Waals surface area contributed by atoms with Crippen LogP contribution in [0, 0.1) is 0 Å². The highest BCUT2D eigenvalue weighted by molar-refractivity contribution is 7.09. The summed E-state index contributed by atoms with van der Waals surface area (Å²) >= 11 is 1.63. The Kier molecular flexibility index (Phi) is 2.82. The molecule has 0 atom stereocenters. The molecule has 18 heavy (non-hydrogen) atoms. The first-order valence-electron chi connectivity index (χ1n) is 5.56. The van der Waals surface area contributed by atoms with Crippen molar-refractivity contribution < 1.29 is 4.79 Å². The van der Waals surface area contributed by atoms with E-state index in [1.54, 1.807) is 23.6 Å². The van der Waals surface area contributed by atoms with Crippen molar-refractivity contribution in [2.75, 3.05) is 0 Å². The van der Waals surface area contributed by atoms with Gasteiger partial charge in [0.1, 0.15) is 0 Å². The number of rotatable bonds is 3. The highest BCUT2D eigenvalue weighted by Crippen LogP contribution is 2.13. The van der Waals surface area contributed by atoms with E-state index in [0.29, 0.717) is 12.1 Å². The van der Waals surface area contributed by atoms with E-state index in [1.165, 1.54) is 0 Å². The standard InChI is InChI=1S/C13H11N3OS/c17-13(14-8-11-2-1-5-18-11)9-3-4-12-10(6-9)7-15-16-12/h1-7H,8H2,(H,14,17)(H,15,16). The summed E-state index contributed by atoms with van der Waals surface area (Å²) in [4.78, 5) is 13.1. The normalized spacial score (nSPS) is 10.7. The number of hydrogen-bond donors (Lipinski definition) is 2. The van der Waals surface area contributed by atoms with Gasteiger partial charge in [-0.15, -0.1) is 11.3 Å². The highest BCUT2D eigenvalue weighted by Gasteiger charge is 2.07. The van der Waals surface area contributed by atoms with E-state index in [4.69, 9.17) is 0 Å². The van der Waals surface area contributed by atoms with Crippen molar-refractivity contribution in [3.8, 4) is 0 Å². The second kappa shape index (κ2) is 4.62. The lowest BCUT2D eigenvalue weighted by Gasteiger charge is -2.03. The number of thiophene rings is 1. The summed E-state index contributed by atoms with van der Waals surface area (Å²) in [6, 6.07) is 9.48. The molecule has 2 N–H and O–H groups in total. The average molecular weight is 257 g/mol. The fourth-order valence-corrected chi connectivity index (χ4v) is 2.41. The largest absolute Gasteiger partial charge is 0.347 e. The summed E-state index contributed by atoms with van der Waals surface area (Å²) in [5.41, 5.74) is 1.59. The Labute approximate surface area is 108 Å². The number of benzene rings is 1. The maximum Gasteiger partial charge on any atom is 0.251 e. The van der Waals surface area contributed by atoms with Crippen molar-refractivity contribution in [2.45, 2.75) is 6.54 Å². The summed E-state index contributed by atoms with van der Waals surface area (Å²) in [7, 11) is 0. The van der Waals surface area contributed by atoms with Crippen LogP contribution in [0.15, 0.2) is 41.9 Å². The Bertz CT molecular complexity index is 672. The predicted molar refractivity (Wildman–Crippen MR) is 71.6 cm³/mol. The van der Waals surface area contributed by atoms with Crippen molar-refractivity contribution in [2.24, 2.45) is 0 Å². The molecule has 1 aromatic carbocycles. The quantitative estimate of drug-likeness (QED) is 0.757. The van der Waals surface area contributed by atoms with Crippen LogP contribution in [-0.4, -0.2) is 16.1 Å². The van der Waals surface area contributed by atoms with E-state index < -0.39 is 0 Å². The number of hydrogen-bond acceptors (Lipinski definition) is 3. The molecule has 3 aromatic rings. The van der Waals surface area contributed by atoms with Crippen LogP contribution in [0.25, 0.3) is 10.9 Å². The second-order valence-corrected chi connectivity index (χ2v) is 4.97. The molecule has 0 aliphatic heterocycles. The Hall–Kier alpha value is -2.14. The molecule has 0 saturated heterocycles. The lowest BCUT2D eigenvalue weighted by atomic mass is 10.1. The van der Waals surface area contributed by atoms with Gasteiger partial charge in [-0.05, 0) is 29.6 Å². The Morgan fingerprint density at radius 2 is 2.33 bits per heavy atom. The molecule has 0 unspecified atom stereocenters. The van der Waals surface area contributed by atoms with E-state index >= 15 is 0 Å². The van der Waals surface area contributed by atoms with E-state index in [-0.39, 0.29) is 5.91 Å². The molecule has 2 heterocycles. The van der Waals surface area contributed by atoms with Crippen molar-refractivity contribution in [3.63, 3.8) is 0 Å². The third-order valence-corrected chi connectivity index (χ3v) is 3.58. The zero-order valence-electron chi connectivity index (χ0n) is 9.51. The molecular weight excluding hydrogens is 246 g/mol. The molecule has 90 valence electrons. The summed E-state index contributed by atoms with van der Waals surface area (Å²) in [6.45, 7) is 0.569. The molecule has 0 aliphatic carbocycles. The minimum Gasteiger partial charge on any atom is -0.347 e. The average Bonchev–Trinajstić information content (AvgIpc) is 3.05. The molecule has 0 fully saturated rings. The summed E-state index contributed by atoms with van der Waals surface area (Å²) in [5, 5.41) is 12.6. The number of amides is 1. The van der Waals surface area contributed by atoms with Gasteiger partial charge in [0.25, 0.3) is 5.91 Å². The van der Waals surface area contributed by atoms with Crippen molar-refractivity contribution in [1.82, 2.24) is 15.5 Å². The third kappa shape index (κ3) is 2.12. The van der Waals surface area contributed by atoms with Crippen molar-refractivity contribution in [1.29, 1.82) is 0 Å². The fraction of sp³-hybridized carbons (Fsp3) is 0.0769. The zero-order valence-corrected chi connectivity index (χ0v) is 10.3. The number of carbonyl (C=O) groups is 1. The first kappa shape index (κ1) is 11.0. The lowest BCUT2D eigenvalue weighted by molar-refractivity contribution is 0.0951. The van der Waals surface area contributed by atoms with Gasteiger partial charge in [-0.25, -0.2) is 0 Å². The topological polar surface area (TPSA) is 57.8 Å². The minimum absolute atomic E-state index is 0.0634. The van der Waals surface area contributed by atoms with Gasteiger partial charge in [0.2, 0.25) is 0 Å². The molecule has 2 aromatic heterocycles. The molecule has 0 spiro atoms. The van der Waals surface area contributed by atoms with Gasteiger partial charge in [0, 0.05) is 15.8 Å². The van der Waals surface area contributed by atoms with Crippen molar-refractivity contribution in [3.05, 3.63) is 52.3 Å². The van der Waals surface area contributed by atoms with Gasteiger partial charge >= 0.3 is 0 Å². The molecule has 0 radical (unpaired) electrons. The van der Waals surface area contributed by atoms with Crippen LogP contribution in [0.3, 0.4) is 0 Å². The highest BCUT2D eigenvalue weighted by atomic mass is 32.1. The molecule has 3 rings (SSSR count). The van der Waals surface area contributed by atoms with Crippen LogP contribution >= 0.6 is 11.3 Å². The Morgan fingerprint density at radius 3 is 3.17 bits per heavy atom. The molecule has 1 amide bonds. The number of nitrogens with zero attached hydrogens (tertiary/aromatic N) is 1. The van der Waals surface area contributed by atoms with E-state index in [0.717, 1.165) is 15.8 Å². The van der Waals surface area contributed by atoms with E-state index in [2.05, 4.69) is 15.5 Å². The lowest BCUT2D eigenvalue weighted by Crippen LogP contribution is -2.22. The first-order chi connectivity index (χ1) is 8.83. The van der Waals surface area contributed by atoms with Crippen LogP contribution < -0.4 is 5.32 Å². The summed E-state index contributed by atoms with van der Waals surface area (Å²) in [6.07, 6.45) is 1.71. The van der Waals surface area contributed by atoms with Crippen molar-refractivity contribution >= 4 is 28.1 Å². The number of fused-ring (bicyclic) bond motifs is 1. The number of aromatic nitrogens is 2. The molecule has 5 heteroatoms. The number of H-pyrrole nitrogens is 1. The molecular formula is C13H11N3OS. The first-order valence-corrected chi connectivity index (χ1v) is 6.44. The van der Waals surface area contributed by atoms with E-state index in [1.807, 2.05) is 29.6 Å². The summed E-state index contributed by atoms with van der Waals surface area (Å²) in [5.74, 6) is -0.0634. The van der Waals surface area contributed by atoms with Gasteiger partial charge in [0.15, 0.2) is 0 Å².